The first-order valence-electron chi connectivity index (χ1n) is 8.70. The van der Waals surface area contributed by atoms with E-state index in [0.29, 0.717) is 11.5 Å². The van der Waals surface area contributed by atoms with E-state index in [1.54, 1.807) is 18.2 Å². The molecule has 1 unspecified atom stereocenters. The highest BCUT2D eigenvalue weighted by molar-refractivity contribution is 5.98. The molecule has 1 aromatic heterocycles. The molecule has 0 saturated heterocycles. The monoisotopic (exact) mass is 376 g/mol. The van der Waals surface area contributed by atoms with E-state index >= 15 is 0 Å². The maximum atomic E-state index is 12.4. The first-order valence-corrected chi connectivity index (χ1v) is 8.70. The fourth-order valence-electron chi connectivity index (χ4n) is 2.72. The van der Waals surface area contributed by atoms with Crippen molar-refractivity contribution in [2.45, 2.75) is 19.4 Å². The molecule has 1 heterocycles. The van der Waals surface area contributed by atoms with Crippen molar-refractivity contribution < 1.29 is 9.59 Å². The third kappa shape index (κ3) is 4.88. The zero-order chi connectivity index (χ0) is 19.9. The summed E-state index contributed by atoms with van der Waals surface area (Å²) >= 11 is 0. The van der Waals surface area contributed by atoms with E-state index < -0.39 is 0 Å². The van der Waals surface area contributed by atoms with Gasteiger partial charge in [0.15, 0.2) is 0 Å². The average Bonchev–Trinajstić information content (AvgIpc) is 3.23. The minimum Gasteiger partial charge on any atom is -0.349 e. The minimum absolute atomic E-state index is 0.109. The lowest BCUT2D eigenvalue weighted by Crippen LogP contribution is -2.28. The number of aromatic nitrogens is 4. The van der Waals surface area contributed by atoms with Crippen molar-refractivity contribution in [2.24, 2.45) is 0 Å². The van der Waals surface area contributed by atoms with Gasteiger partial charge in [-0.2, -0.15) is 5.21 Å². The minimum atomic E-state index is -0.292. The molecule has 0 aliphatic carbocycles. The number of amides is 2. The predicted molar refractivity (Wildman–Crippen MR) is 105 cm³/mol. The van der Waals surface area contributed by atoms with Crippen LogP contribution in [-0.4, -0.2) is 32.4 Å². The smallest absolute Gasteiger partial charge is 0.247 e. The molecular formula is C20H20N6O2. The first-order chi connectivity index (χ1) is 13.5. The highest BCUT2D eigenvalue weighted by atomic mass is 16.2. The number of hydrogen-bond acceptors (Lipinski definition) is 5. The third-order valence-electron chi connectivity index (χ3n) is 4.14. The molecule has 0 aliphatic rings. The Morgan fingerprint density at radius 1 is 1.21 bits per heavy atom. The summed E-state index contributed by atoms with van der Waals surface area (Å²) in [6.45, 7) is 5.34. The number of hydrogen-bond donors (Lipinski definition) is 3. The van der Waals surface area contributed by atoms with Crippen LogP contribution in [0.15, 0.2) is 61.2 Å². The lowest BCUT2D eigenvalue weighted by molar-refractivity contribution is -0.121. The predicted octanol–water partition coefficient (Wildman–Crippen LogP) is 2.41. The van der Waals surface area contributed by atoms with Gasteiger partial charge < -0.3 is 10.6 Å². The molecule has 0 saturated carbocycles. The van der Waals surface area contributed by atoms with E-state index in [0.717, 1.165) is 16.7 Å². The standard InChI is InChI=1S/C20H20N6O2/c1-3-18(27)22-17-6-4-5-14(11-17)12-19(28)21-13(2)15-7-9-16(10-8-15)20-23-25-26-24-20/h3-11,13H,1,12H2,2H3,(H,21,28)(H,22,27)(H,23,24,25,26). The molecule has 28 heavy (non-hydrogen) atoms. The number of carbonyl (C=O) groups is 2. The molecule has 3 aromatic rings. The van der Waals surface area contributed by atoms with Crippen LogP contribution in [0, 0.1) is 0 Å². The van der Waals surface area contributed by atoms with Crippen molar-refractivity contribution in [3.63, 3.8) is 0 Å². The van der Waals surface area contributed by atoms with E-state index in [-0.39, 0.29) is 24.3 Å². The summed E-state index contributed by atoms with van der Waals surface area (Å²) in [5.41, 5.74) is 3.24. The van der Waals surface area contributed by atoms with Gasteiger partial charge in [0.25, 0.3) is 0 Å². The van der Waals surface area contributed by atoms with Gasteiger partial charge in [-0.25, -0.2) is 0 Å². The van der Waals surface area contributed by atoms with Crippen LogP contribution in [0.1, 0.15) is 24.1 Å². The number of nitrogens with one attached hydrogen (secondary N) is 3. The Morgan fingerprint density at radius 3 is 2.68 bits per heavy atom. The lowest BCUT2D eigenvalue weighted by Gasteiger charge is -2.15. The molecule has 8 heteroatoms. The van der Waals surface area contributed by atoms with Crippen LogP contribution in [0.3, 0.4) is 0 Å². The lowest BCUT2D eigenvalue weighted by atomic mass is 10.0. The van der Waals surface area contributed by atoms with Crippen LogP contribution in [0.25, 0.3) is 11.4 Å². The third-order valence-corrected chi connectivity index (χ3v) is 4.14. The van der Waals surface area contributed by atoms with Gasteiger partial charge in [-0.15, -0.1) is 10.2 Å². The first kappa shape index (κ1) is 19.0. The second-order valence-electron chi connectivity index (χ2n) is 6.22. The number of anilines is 1. The molecule has 0 radical (unpaired) electrons. The van der Waals surface area contributed by atoms with Gasteiger partial charge in [0, 0.05) is 11.3 Å². The Kier molecular flexibility index (Phi) is 5.91. The summed E-state index contributed by atoms with van der Waals surface area (Å²) in [5, 5.41) is 19.5. The van der Waals surface area contributed by atoms with E-state index in [4.69, 9.17) is 0 Å². The van der Waals surface area contributed by atoms with Crippen molar-refractivity contribution in [3.8, 4) is 11.4 Å². The maximum absolute atomic E-state index is 12.4. The molecule has 3 N–H and O–H groups in total. The van der Waals surface area contributed by atoms with Crippen molar-refractivity contribution in [3.05, 3.63) is 72.3 Å². The van der Waals surface area contributed by atoms with Gasteiger partial charge in [-0.3, -0.25) is 9.59 Å². The van der Waals surface area contributed by atoms with Gasteiger partial charge in [0.05, 0.1) is 12.5 Å². The van der Waals surface area contributed by atoms with E-state index in [1.807, 2.05) is 37.3 Å². The number of benzene rings is 2. The summed E-state index contributed by atoms with van der Waals surface area (Å²) in [7, 11) is 0. The zero-order valence-electron chi connectivity index (χ0n) is 15.3. The number of tetrazole rings is 1. The summed E-state index contributed by atoms with van der Waals surface area (Å²) in [4.78, 5) is 23.8. The molecule has 0 spiro atoms. The molecule has 142 valence electrons. The number of aromatic amines is 1. The molecule has 0 bridgehead atoms. The summed E-state index contributed by atoms with van der Waals surface area (Å²) in [6, 6.07) is 14.6. The van der Waals surface area contributed by atoms with Crippen molar-refractivity contribution >= 4 is 17.5 Å². The molecule has 1 atom stereocenters. The molecule has 2 amide bonds. The van der Waals surface area contributed by atoms with Gasteiger partial charge in [-0.1, -0.05) is 43.0 Å². The number of H-pyrrole nitrogens is 1. The average molecular weight is 376 g/mol. The largest absolute Gasteiger partial charge is 0.349 e. The fourth-order valence-corrected chi connectivity index (χ4v) is 2.72. The molecule has 2 aromatic carbocycles. The van der Waals surface area contributed by atoms with E-state index in [9.17, 15) is 9.59 Å². The topological polar surface area (TPSA) is 113 Å². The molecule has 3 rings (SSSR count). The highest BCUT2D eigenvalue weighted by Crippen LogP contribution is 2.19. The Bertz CT molecular complexity index is 967. The highest BCUT2D eigenvalue weighted by Gasteiger charge is 2.12. The van der Waals surface area contributed by atoms with Gasteiger partial charge >= 0.3 is 0 Å². The van der Waals surface area contributed by atoms with Gasteiger partial charge in [-0.05, 0) is 41.5 Å². The Balaban J connectivity index is 1.59. The zero-order valence-corrected chi connectivity index (χ0v) is 15.3. The molecule has 8 nitrogen and oxygen atoms in total. The number of nitrogens with zero attached hydrogens (tertiary/aromatic N) is 3. The SMILES string of the molecule is C=CC(=O)Nc1cccc(CC(=O)NC(C)c2ccc(-c3nn[nH]n3)cc2)c1. The number of rotatable bonds is 7. The van der Waals surface area contributed by atoms with Crippen LogP contribution in [-0.2, 0) is 16.0 Å². The quantitative estimate of drug-likeness (QED) is 0.548. The van der Waals surface area contributed by atoms with E-state index in [1.165, 1.54) is 6.08 Å². The van der Waals surface area contributed by atoms with Gasteiger partial charge in [0.1, 0.15) is 0 Å². The van der Waals surface area contributed by atoms with E-state index in [2.05, 4.69) is 37.8 Å². The van der Waals surface area contributed by atoms with Crippen molar-refractivity contribution in [1.29, 1.82) is 0 Å². The summed E-state index contributed by atoms with van der Waals surface area (Å²) < 4.78 is 0. The Hall–Kier alpha value is -3.81. The summed E-state index contributed by atoms with van der Waals surface area (Å²) in [5.74, 6) is 0.119. The second kappa shape index (κ2) is 8.72. The fraction of sp³-hybridized carbons (Fsp3) is 0.150. The maximum Gasteiger partial charge on any atom is 0.247 e. The van der Waals surface area contributed by atoms with Crippen LogP contribution in [0.4, 0.5) is 5.69 Å². The molecule has 0 aliphatic heterocycles. The van der Waals surface area contributed by atoms with Crippen LogP contribution in [0.5, 0.6) is 0 Å². The summed E-state index contributed by atoms with van der Waals surface area (Å²) in [6.07, 6.45) is 1.41. The van der Waals surface area contributed by atoms with Crippen LogP contribution < -0.4 is 10.6 Å². The Labute approximate surface area is 162 Å². The van der Waals surface area contributed by atoms with Crippen molar-refractivity contribution in [1.82, 2.24) is 25.9 Å². The molecular weight excluding hydrogens is 356 g/mol. The molecule has 0 fully saturated rings. The Morgan fingerprint density at radius 2 is 2.00 bits per heavy atom. The van der Waals surface area contributed by atoms with Crippen molar-refractivity contribution in [2.75, 3.05) is 5.32 Å². The van der Waals surface area contributed by atoms with Crippen LogP contribution >= 0.6 is 0 Å². The normalized spacial score (nSPS) is 11.5. The van der Waals surface area contributed by atoms with Crippen LogP contribution in [0.2, 0.25) is 0 Å². The number of carbonyl (C=O) groups excluding carboxylic acids is 2. The second-order valence-corrected chi connectivity index (χ2v) is 6.22. The van der Waals surface area contributed by atoms with Gasteiger partial charge in [0.2, 0.25) is 17.6 Å².